The summed E-state index contributed by atoms with van der Waals surface area (Å²) in [5.74, 6) is 0.793. The van der Waals surface area contributed by atoms with Gasteiger partial charge in [0.25, 0.3) is 0 Å². The van der Waals surface area contributed by atoms with Crippen LogP contribution in [0.1, 0.15) is 24.6 Å². The van der Waals surface area contributed by atoms with Crippen LogP contribution in [0.3, 0.4) is 0 Å². The number of halogens is 1. The molecule has 1 heterocycles. The van der Waals surface area contributed by atoms with Crippen molar-refractivity contribution in [2.45, 2.75) is 19.8 Å². The summed E-state index contributed by atoms with van der Waals surface area (Å²) in [7, 11) is 0. The maximum absolute atomic E-state index is 9.15. The van der Waals surface area contributed by atoms with Crippen molar-refractivity contribution in [2.75, 3.05) is 6.61 Å². The summed E-state index contributed by atoms with van der Waals surface area (Å²) in [6.45, 7) is 4.51. The molecule has 0 aliphatic heterocycles. The minimum atomic E-state index is 0.241. The van der Waals surface area contributed by atoms with E-state index in [-0.39, 0.29) is 6.61 Å². The molecule has 0 aromatic carbocycles. The smallest absolute Gasteiger partial charge is 0.0701 e. The molecule has 68 valence electrons. The van der Waals surface area contributed by atoms with E-state index in [0.717, 1.165) is 3.79 Å². The number of aliphatic hydroxyl groups excluding tert-OH is 1. The Morgan fingerprint density at radius 3 is 2.50 bits per heavy atom. The highest BCUT2D eigenvalue weighted by atomic mass is 79.9. The lowest BCUT2D eigenvalue weighted by Gasteiger charge is -2.15. The fourth-order valence-corrected chi connectivity index (χ4v) is 2.85. The molecular weight excluding hydrogens is 236 g/mol. The first-order chi connectivity index (χ1) is 5.65. The van der Waals surface area contributed by atoms with Gasteiger partial charge in [0.1, 0.15) is 0 Å². The Labute approximate surface area is 85.6 Å². The zero-order chi connectivity index (χ0) is 9.14. The van der Waals surface area contributed by atoms with Crippen molar-refractivity contribution < 1.29 is 5.11 Å². The van der Waals surface area contributed by atoms with Crippen LogP contribution in [0.25, 0.3) is 0 Å². The molecule has 3 heteroatoms. The molecule has 1 atom stereocenters. The lowest BCUT2D eigenvalue weighted by atomic mass is 9.95. The number of rotatable bonds is 3. The molecule has 0 aliphatic rings. The van der Waals surface area contributed by atoms with Crippen LogP contribution < -0.4 is 0 Å². The van der Waals surface area contributed by atoms with Gasteiger partial charge in [-0.05, 0) is 34.0 Å². The van der Waals surface area contributed by atoms with E-state index in [1.165, 1.54) is 4.88 Å². The molecule has 0 spiro atoms. The van der Waals surface area contributed by atoms with Gasteiger partial charge in [0.05, 0.1) is 10.4 Å². The second-order valence-electron chi connectivity index (χ2n) is 3.17. The number of aliphatic hydroxyl groups is 1. The van der Waals surface area contributed by atoms with E-state index in [1.807, 2.05) is 6.07 Å². The first kappa shape index (κ1) is 10.2. The molecule has 0 saturated heterocycles. The van der Waals surface area contributed by atoms with Gasteiger partial charge in [0.15, 0.2) is 0 Å². The fraction of sp³-hybridized carbons (Fsp3) is 0.556. The van der Waals surface area contributed by atoms with Crippen molar-refractivity contribution in [3.8, 4) is 0 Å². The van der Waals surface area contributed by atoms with Crippen LogP contribution >= 0.6 is 27.3 Å². The van der Waals surface area contributed by atoms with Crippen molar-refractivity contribution in [3.05, 3.63) is 20.8 Å². The zero-order valence-corrected chi connectivity index (χ0v) is 9.65. The monoisotopic (exact) mass is 248 g/mol. The average Bonchev–Trinajstić information content (AvgIpc) is 2.37. The highest BCUT2D eigenvalue weighted by Crippen LogP contribution is 2.32. The van der Waals surface area contributed by atoms with Gasteiger partial charge in [0, 0.05) is 10.8 Å². The Bertz CT molecular complexity index is 244. The SMILES string of the molecule is CC(C)C(CO)c1ccc(Br)s1. The molecule has 0 fully saturated rings. The van der Waals surface area contributed by atoms with Crippen molar-refractivity contribution in [3.63, 3.8) is 0 Å². The average molecular weight is 249 g/mol. The summed E-state index contributed by atoms with van der Waals surface area (Å²) in [5.41, 5.74) is 0. The molecule has 1 rings (SSSR count). The Morgan fingerprint density at radius 2 is 2.17 bits per heavy atom. The summed E-state index contributed by atoms with van der Waals surface area (Å²) in [6.07, 6.45) is 0. The molecule has 1 N–H and O–H groups in total. The van der Waals surface area contributed by atoms with Gasteiger partial charge in [0.2, 0.25) is 0 Å². The molecule has 1 aromatic heterocycles. The van der Waals surface area contributed by atoms with Crippen LogP contribution in [0, 0.1) is 5.92 Å². The van der Waals surface area contributed by atoms with Gasteiger partial charge in [-0.25, -0.2) is 0 Å². The minimum absolute atomic E-state index is 0.241. The standard InChI is InChI=1S/C9H13BrOS/c1-6(2)7(5-11)8-3-4-9(10)12-8/h3-4,6-7,11H,5H2,1-2H3. The summed E-state index contributed by atoms with van der Waals surface area (Å²) in [4.78, 5) is 1.26. The Morgan fingerprint density at radius 1 is 1.50 bits per heavy atom. The molecule has 0 bridgehead atoms. The summed E-state index contributed by atoms with van der Waals surface area (Å²) < 4.78 is 1.14. The molecule has 0 aliphatic carbocycles. The van der Waals surface area contributed by atoms with Crippen LogP contribution in [-0.2, 0) is 0 Å². The second-order valence-corrected chi connectivity index (χ2v) is 5.67. The number of hydrogen-bond acceptors (Lipinski definition) is 2. The third kappa shape index (κ3) is 2.31. The van der Waals surface area contributed by atoms with E-state index in [4.69, 9.17) is 5.11 Å². The summed E-state index contributed by atoms with van der Waals surface area (Å²) in [6, 6.07) is 4.11. The first-order valence-electron chi connectivity index (χ1n) is 4.01. The molecule has 1 unspecified atom stereocenters. The fourth-order valence-electron chi connectivity index (χ4n) is 1.16. The topological polar surface area (TPSA) is 20.2 Å². The van der Waals surface area contributed by atoms with E-state index >= 15 is 0 Å². The van der Waals surface area contributed by atoms with E-state index in [9.17, 15) is 0 Å². The highest BCUT2D eigenvalue weighted by molar-refractivity contribution is 9.11. The van der Waals surface area contributed by atoms with E-state index < -0.39 is 0 Å². The third-order valence-electron chi connectivity index (χ3n) is 1.96. The summed E-state index contributed by atoms with van der Waals surface area (Å²) in [5, 5.41) is 9.15. The molecular formula is C9H13BrOS. The molecule has 1 aromatic rings. The lowest BCUT2D eigenvalue weighted by Crippen LogP contribution is -2.09. The van der Waals surface area contributed by atoms with Gasteiger partial charge in [-0.2, -0.15) is 0 Å². The quantitative estimate of drug-likeness (QED) is 0.871. The van der Waals surface area contributed by atoms with Crippen LogP contribution in [-0.4, -0.2) is 11.7 Å². The normalized spacial score (nSPS) is 13.8. The minimum Gasteiger partial charge on any atom is -0.396 e. The maximum atomic E-state index is 9.15. The van der Waals surface area contributed by atoms with Gasteiger partial charge < -0.3 is 5.11 Å². The van der Waals surface area contributed by atoms with Crippen molar-refractivity contribution >= 4 is 27.3 Å². The molecule has 0 radical (unpaired) electrons. The van der Waals surface area contributed by atoms with E-state index in [1.54, 1.807) is 11.3 Å². The predicted molar refractivity (Wildman–Crippen MR) is 56.7 cm³/mol. The lowest BCUT2D eigenvalue weighted by molar-refractivity contribution is 0.239. The Kier molecular flexibility index (Phi) is 3.75. The zero-order valence-electron chi connectivity index (χ0n) is 7.25. The second kappa shape index (κ2) is 4.40. The van der Waals surface area contributed by atoms with Crippen molar-refractivity contribution in [2.24, 2.45) is 5.92 Å². The van der Waals surface area contributed by atoms with E-state index in [2.05, 4.69) is 35.8 Å². The first-order valence-corrected chi connectivity index (χ1v) is 5.62. The molecule has 0 saturated carbocycles. The van der Waals surface area contributed by atoms with E-state index in [0.29, 0.717) is 11.8 Å². The van der Waals surface area contributed by atoms with Crippen LogP contribution in [0.2, 0.25) is 0 Å². The highest BCUT2D eigenvalue weighted by Gasteiger charge is 2.16. The third-order valence-corrected chi connectivity index (χ3v) is 3.72. The van der Waals surface area contributed by atoms with Crippen LogP contribution in [0.15, 0.2) is 15.9 Å². The number of hydrogen-bond donors (Lipinski definition) is 1. The largest absolute Gasteiger partial charge is 0.396 e. The molecule has 1 nitrogen and oxygen atoms in total. The van der Waals surface area contributed by atoms with Gasteiger partial charge in [-0.1, -0.05) is 13.8 Å². The number of thiophene rings is 1. The van der Waals surface area contributed by atoms with Gasteiger partial charge in [-0.3, -0.25) is 0 Å². The van der Waals surface area contributed by atoms with Gasteiger partial charge >= 0.3 is 0 Å². The maximum Gasteiger partial charge on any atom is 0.0701 e. The van der Waals surface area contributed by atoms with Crippen molar-refractivity contribution in [1.29, 1.82) is 0 Å². The Balaban J connectivity index is 2.80. The van der Waals surface area contributed by atoms with Crippen LogP contribution in [0.5, 0.6) is 0 Å². The van der Waals surface area contributed by atoms with Gasteiger partial charge in [-0.15, -0.1) is 11.3 Å². The Hall–Kier alpha value is 0.140. The molecule has 12 heavy (non-hydrogen) atoms. The van der Waals surface area contributed by atoms with Crippen LogP contribution in [0.4, 0.5) is 0 Å². The summed E-state index contributed by atoms with van der Waals surface area (Å²) >= 11 is 5.12. The molecule has 0 amide bonds. The predicted octanol–water partition coefficient (Wildman–Crippen LogP) is 3.24. The van der Waals surface area contributed by atoms with Crippen molar-refractivity contribution in [1.82, 2.24) is 0 Å².